The number of nitrogens with zero attached hydrogens (tertiary/aromatic N) is 2. The van der Waals surface area contributed by atoms with Crippen LogP contribution in [0.4, 0.5) is 4.79 Å². The Kier molecular flexibility index (Phi) is 3.11. The van der Waals surface area contributed by atoms with Gasteiger partial charge in [-0.25, -0.2) is 4.79 Å². The third kappa shape index (κ3) is 2.60. The Morgan fingerprint density at radius 3 is 2.33 bits per heavy atom. The smallest absolute Gasteiger partial charge is 0.407 e. The lowest BCUT2D eigenvalue weighted by Crippen LogP contribution is -2.48. The molecule has 2 N–H and O–H groups in total. The van der Waals surface area contributed by atoms with Crippen molar-refractivity contribution in [2.45, 2.75) is 6.42 Å². The zero-order valence-electron chi connectivity index (χ0n) is 8.80. The summed E-state index contributed by atoms with van der Waals surface area (Å²) in [5, 5.41) is 17.7. The molecular formula is C10H18N2O3. The van der Waals surface area contributed by atoms with E-state index in [1.165, 1.54) is 4.90 Å². The van der Waals surface area contributed by atoms with Crippen molar-refractivity contribution < 1.29 is 15.0 Å². The van der Waals surface area contributed by atoms with Crippen LogP contribution in [0, 0.1) is 11.8 Å². The molecule has 1 aliphatic heterocycles. The van der Waals surface area contributed by atoms with Gasteiger partial charge < -0.3 is 15.1 Å². The monoisotopic (exact) mass is 214 g/mol. The van der Waals surface area contributed by atoms with Gasteiger partial charge in [0.05, 0.1) is 0 Å². The normalized spacial score (nSPS) is 31.7. The van der Waals surface area contributed by atoms with Crippen molar-refractivity contribution in [3.05, 3.63) is 0 Å². The van der Waals surface area contributed by atoms with E-state index in [0.29, 0.717) is 31.5 Å². The number of aliphatic hydroxyl groups is 1. The molecule has 2 unspecified atom stereocenters. The Hall–Kier alpha value is -0.810. The van der Waals surface area contributed by atoms with Crippen LogP contribution in [0.2, 0.25) is 0 Å². The lowest BCUT2D eigenvalue weighted by Gasteiger charge is -2.33. The quantitative estimate of drug-likeness (QED) is 0.689. The highest BCUT2D eigenvalue weighted by atomic mass is 16.4. The lowest BCUT2D eigenvalue weighted by molar-refractivity contribution is 0.102. The topological polar surface area (TPSA) is 64.0 Å². The second kappa shape index (κ2) is 4.37. The number of hydrogen-bond donors (Lipinski definition) is 2. The molecule has 5 nitrogen and oxygen atoms in total. The largest absolute Gasteiger partial charge is 0.465 e. The third-order valence-corrected chi connectivity index (χ3v) is 3.44. The van der Waals surface area contributed by atoms with Gasteiger partial charge in [0.15, 0.2) is 0 Å². The van der Waals surface area contributed by atoms with Gasteiger partial charge in [-0.05, 0) is 18.3 Å². The Balaban J connectivity index is 1.68. The van der Waals surface area contributed by atoms with E-state index in [1.807, 2.05) is 0 Å². The molecule has 0 aromatic carbocycles. The minimum absolute atomic E-state index is 0.305. The maximum Gasteiger partial charge on any atom is 0.407 e. The predicted octanol–water partition coefficient (Wildman–Crippen LogP) is -0.0896. The number of hydrogen-bond acceptors (Lipinski definition) is 3. The standard InChI is InChI=1S/C10H18N2O3/c13-7-9-5-8(9)6-11-1-3-12(4-2-11)10(14)15/h8-9,13H,1-7H2,(H,14,15). The van der Waals surface area contributed by atoms with Gasteiger partial charge in [0.25, 0.3) is 0 Å². The first-order chi connectivity index (χ1) is 7.20. The van der Waals surface area contributed by atoms with Gasteiger partial charge in [-0.3, -0.25) is 4.90 Å². The van der Waals surface area contributed by atoms with Crippen LogP contribution >= 0.6 is 0 Å². The molecule has 1 amide bonds. The van der Waals surface area contributed by atoms with Crippen molar-refractivity contribution in [1.29, 1.82) is 0 Å². The molecule has 2 rings (SSSR count). The maximum absolute atomic E-state index is 10.7. The molecule has 0 bridgehead atoms. The van der Waals surface area contributed by atoms with Crippen molar-refractivity contribution >= 4 is 6.09 Å². The molecule has 0 radical (unpaired) electrons. The number of carbonyl (C=O) groups is 1. The van der Waals surface area contributed by atoms with E-state index in [1.54, 1.807) is 0 Å². The van der Waals surface area contributed by atoms with E-state index in [4.69, 9.17) is 10.2 Å². The summed E-state index contributed by atoms with van der Waals surface area (Å²) in [6.07, 6.45) is 0.324. The van der Waals surface area contributed by atoms with Crippen LogP contribution in [0.3, 0.4) is 0 Å². The van der Waals surface area contributed by atoms with E-state index >= 15 is 0 Å². The summed E-state index contributed by atoms with van der Waals surface area (Å²) in [6, 6.07) is 0. The molecule has 5 heteroatoms. The summed E-state index contributed by atoms with van der Waals surface area (Å²) in [4.78, 5) is 14.4. The Bertz CT molecular complexity index is 239. The van der Waals surface area contributed by atoms with E-state index in [0.717, 1.165) is 26.1 Å². The molecule has 86 valence electrons. The number of piperazine rings is 1. The highest BCUT2D eigenvalue weighted by molar-refractivity contribution is 5.65. The predicted molar refractivity (Wildman–Crippen MR) is 54.7 cm³/mol. The maximum atomic E-state index is 10.7. The molecule has 2 atom stereocenters. The Labute approximate surface area is 89.3 Å². The highest BCUT2D eigenvalue weighted by Crippen LogP contribution is 2.38. The second-order valence-corrected chi connectivity index (χ2v) is 4.51. The van der Waals surface area contributed by atoms with Gasteiger partial charge in [0.2, 0.25) is 0 Å². The molecule has 0 spiro atoms. The second-order valence-electron chi connectivity index (χ2n) is 4.51. The van der Waals surface area contributed by atoms with Gasteiger partial charge in [0.1, 0.15) is 0 Å². The molecule has 1 heterocycles. The highest BCUT2D eigenvalue weighted by Gasteiger charge is 2.37. The van der Waals surface area contributed by atoms with Crippen LogP contribution in [0.5, 0.6) is 0 Å². The molecule has 1 aliphatic carbocycles. The molecule has 0 aromatic rings. The van der Waals surface area contributed by atoms with Crippen LogP contribution in [-0.4, -0.2) is 65.4 Å². The minimum atomic E-state index is -0.811. The molecule has 0 aromatic heterocycles. The molecule has 2 fully saturated rings. The average Bonchev–Trinajstić information content (AvgIpc) is 2.97. The number of aliphatic hydroxyl groups excluding tert-OH is 1. The summed E-state index contributed by atoms with van der Waals surface area (Å²) in [6.45, 7) is 4.23. The van der Waals surface area contributed by atoms with E-state index < -0.39 is 6.09 Å². The molecule has 1 saturated carbocycles. The fourth-order valence-electron chi connectivity index (χ4n) is 2.21. The van der Waals surface area contributed by atoms with Gasteiger partial charge in [-0.2, -0.15) is 0 Å². The summed E-state index contributed by atoms with van der Waals surface area (Å²) >= 11 is 0. The number of rotatable bonds is 3. The lowest BCUT2D eigenvalue weighted by atomic mass is 10.2. The Morgan fingerprint density at radius 1 is 1.20 bits per heavy atom. The van der Waals surface area contributed by atoms with Crippen LogP contribution in [0.25, 0.3) is 0 Å². The summed E-state index contributed by atoms with van der Waals surface area (Å²) < 4.78 is 0. The molecular weight excluding hydrogens is 196 g/mol. The number of amides is 1. The van der Waals surface area contributed by atoms with Crippen LogP contribution in [0.15, 0.2) is 0 Å². The van der Waals surface area contributed by atoms with E-state index in [-0.39, 0.29) is 0 Å². The third-order valence-electron chi connectivity index (χ3n) is 3.44. The molecule has 15 heavy (non-hydrogen) atoms. The van der Waals surface area contributed by atoms with Crippen molar-refractivity contribution in [3.8, 4) is 0 Å². The first-order valence-electron chi connectivity index (χ1n) is 5.52. The molecule has 2 aliphatic rings. The van der Waals surface area contributed by atoms with Gasteiger partial charge >= 0.3 is 6.09 Å². The first kappa shape index (κ1) is 10.7. The van der Waals surface area contributed by atoms with Crippen molar-refractivity contribution in [1.82, 2.24) is 9.80 Å². The summed E-state index contributed by atoms with van der Waals surface area (Å²) in [5.74, 6) is 1.15. The van der Waals surface area contributed by atoms with Gasteiger partial charge in [0, 0.05) is 39.3 Å². The fraction of sp³-hybridized carbons (Fsp3) is 0.900. The summed E-state index contributed by atoms with van der Waals surface area (Å²) in [7, 11) is 0. The average molecular weight is 214 g/mol. The first-order valence-corrected chi connectivity index (χ1v) is 5.52. The van der Waals surface area contributed by atoms with Crippen molar-refractivity contribution in [3.63, 3.8) is 0 Å². The van der Waals surface area contributed by atoms with Crippen molar-refractivity contribution in [2.24, 2.45) is 11.8 Å². The molecule has 1 saturated heterocycles. The number of carboxylic acid groups (broad SMARTS) is 1. The van der Waals surface area contributed by atoms with Crippen LogP contribution < -0.4 is 0 Å². The van der Waals surface area contributed by atoms with Crippen molar-refractivity contribution in [2.75, 3.05) is 39.3 Å². The zero-order chi connectivity index (χ0) is 10.8. The summed E-state index contributed by atoms with van der Waals surface area (Å²) in [5.41, 5.74) is 0. The fourth-order valence-corrected chi connectivity index (χ4v) is 2.21. The van der Waals surface area contributed by atoms with Crippen LogP contribution in [0.1, 0.15) is 6.42 Å². The van der Waals surface area contributed by atoms with Gasteiger partial charge in [-0.15, -0.1) is 0 Å². The van der Waals surface area contributed by atoms with Crippen LogP contribution in [-0.2, 0) is 0 Å². The SMILES string of the molecule is O=C(O)N1CCN(CC2CC2CO)CC1. The van der Waals surface area contributed by atoms with Gasteiger partial charge in [-0.1, -0.05) is 0 Å². The minimum Gasteiger partial charge on any atom is -0.465 e. The Morgan fingerprint density at radius 2 is 1.87 bits per heavy atom. The van der Waals surface area contributed by atoms with E-state index in [2.05, 4.69) is 4.90 Å². The zero-order valence-corrected chi connectivity index (χ0v) is 8.80. The van der Waals surface area contributed by atoms with E-state index in [9.17, 15) is 4.79 Å².